The van der Waals surface area contributed by atoms with Gasteiger partial charge in [-0.15, -0.1) is 0 Å². The van der Waals surface area contributed by atoms with Gasteiger partial charge in [0.25, 0.3) is 5.91 Å². The minimum atomic E-state index is -0.276. The van der Waals surface area contributed by atoms with E-state index in [-0.39, 0.29) is 18.4 Å². The zero-order chi connectivity index (χ0) is 19.9. The van der Waals surface area contributed by atoms with Gasteiger partial charge in [-0.05, 0) is 62.4 Å². The number of hydrogen-bond acceptors (Lipinski definition) is 3. The number of aryl methyl sites for hydroxylation is 2. The lowest BCUT2D eigenvalue weighted by Crippen LogP contribution is -2.32. The molecule has 0 aromatic heterocycles. The number of carbonyl (C=O) groups excluding carboxylic acids is 2. The second-order valence-electron chi connectivity index (χ2n) is 6.68. The maximum atomic E-state index is 12.2. The molecule has 0 fully saturated rings. The van der Waals surface area contributed by atoms with Gasteiger partial charge in [0.1, 0.15) is 0 Å². The summed E-state index contributed by atoms with van der Waals surface area (Å²) in [7, 11) is 0. The molecular weight excluding hydrogens is 350 g/mol. The average molecular weight is 373 g/mol. The number of benzene rings is 3. The van der Waals surface area contributed by atoms with Gasteiger partial charge in [-0.3, -0.25) is 9.59 Å². The first-order chi connectivity index (χ1) is 13.5. The highest BCUT2D eigenvalue weighted by atomic mass is 16.2. The zero-order valence-electron chi connectivity index (χ0n) is 16.0. The maximum Gasteiger partial charge on any atom is 0.251 e. The molecule has 0 radical (unpaired) electrons. The van der Waals surface area contributed by atoms with Crippen LogP contribution in [0.3, 0.4) is 0 Å². The number of hydrogen-bond donors (Lipinski definition) is 3. The lowest BCUT2D eigenvalue weighted by Gasteiger charge is -2.10. The molecule has 3 N–H and O–H groups in total. The van der Waals surface area contributed by atoms with E-state index in [4.69, 9.17) is 0 Å². The summed E-state index contributed by atoms with van der Waals surface area (Å²) in [4.78, 5) is 24.3. The summed E-state index contributed by atoms with van der Waals surface area (Å²) >= 11 is 0. The lowest BCUT2D eigenvalue weighted by atomic mass is 10.1. The second-order valence-corrected chi connectivity index (χ2v) is 6.68. The smallest absolute Gasteiger partial charge is 0.251 e. The largest absolute Gasteiger partial charge is 0.356 e. The van der Waals surface area contributed by atoms with E-state index in [1.165, 1.54) is 0 Å². The standard InChI is InChI=1S/C23H23N3O2/c1-16-12-17(2)14-18(13-16)23(28)24-15-22(27)26-21-10-8-20(9-11-21)25-19-6-4-3-5-7-19/h3-14,25H,15H2,1-2H3,(H,24,28)(H,26,27). The monoisotopic (exact) mass is 373 g/mol. The Balaban J connectivity index is 1.51. The second kappa shape index (κ2) is 8.86. The van der Waals surface area contributed by atoms with Crippen molar-refractivity contribution in [3.05, 3.63) is 89.5 Å². The molecule has 0 aliphatic rings. The van der Waals surface area contributed by atoms with Crippen LogP contribution >= 0.6 is 0 Å². The quantitative estimate of drug-likeness (QED) is 0.599. The van der Waals surface area contributed by atoms with Crippen molar-refractivity contribution in [2.24, 2.45) is 0 Å². The van der Waals surface area contributed by atoms with Crippen LogP contribution in [0, 0.1) is 13.8 Å². The van der Waals surface area contributed by atoms with Gasteiger partial charge in [-0.1, -0.05) is 35.4 Å². The fraction of sp³-hybridized carbons (Fsp3) is 0.130. The Kier molecular flexibility index (Phi) is 6.07. The van der Waals surface area contributed by atoms with Crippen molar-refractivity contribution in [3.63, 3.8) is 0 Å². The Morgan fingerprint density at radius 3 is 1.96 bits per heavy atom. The molecule has 0 aliphatic carbocycles. The van der Waals surface area contributed by atoms with E-state index in [0.29, 0.717) is 11.3 Å². The van der Waals surface area contributed by atoms with E-state index in [0.717, 1.165) is 22.5 Å². The molecule has 5 heteroatoms. The van der Waals surface area contributed by atoms with Crippen molar-refractivity contribution >= 4 is 28.9 Å². The van der Waals surface area contributed by atoms with Crippen molar-refractivity contribution in [2.45, 2.75) is 13.8 Å². The summed E-state index contributed by atoms with van der Waals surface area (Å²) in [5.74, 6) is -0.536. The number of anilines is 3. The molecule has 0 bridgehead atoms. The Labute approximate surface area is 164 Å². The highest BCUT2D eigenvalue weighted by Crippen LogP contribution is 2.18. The lowest BCUT2D eigenvalue weighted by molar-refractivity contribution is -0.115. The normalized spacial score (nSPS) is 10.2. The van der Waals surface area contributed by atoms with Crippen LogP contribution in [-0.4, -0.2) is 18.4 Å². The Hall–Kier alpha value is -3.60. The first-order valence-electron chi connectivity index (χ1n) is 9.08. The summed E-state index contributed by atoms with van der Waals surface area (Å²) in [6.45, 7) is 3.79. The van der Waals surface area contributed by atoms with Gasteiger partial charge in [-0.25, -0.2) is 0 Å². The third-order valence-corrected chi connectivity index (χ3v) is 4.12. The molecule has 0 heterocycles. The molecule has 5 nitrogen and oxygen atoms in total. The molecular formula is C23H23N3O2. The van der Waals surface area contributed by atoms with E-state index < -0.39 is 0 Å². The van der Waals surface area contributed by atoms with Gasteiger partial charge < -0.3 is 16.0 Å². The van der Waals surface area contributed by atoms with E-state index in [2.05, 4.69) is 16.0 Å². The van der Waals surface area contributed by atoms with E-state index in [1.807, 2.05) is 74.5 Å². The molecule has 3 aromatic rings. The topological polar surface area (TPSA) is 70.2 Å². The maximum absolute atomic E-state index is 12.2. The number of para-hydroxylation sites is 1. The minimum absolute atomic E-state index is 0.0875. The van der Waals surface area contributed by atoms with Gasteiger partial charge in [0.05, 0.1) is 6.54 Å². The number of rotatable bonds is 6. The van der Waals surface area contributed by atoms with Crippen molar-refractivity contribution in [3.8, 4) is 0 Å². The van der Waals surface area contributed by atoms with Crippen molar-refractivity contribution in [1.29, 1.82) is 0 Å². The SMILES string of the molecule is Cc1cc(C)cc(C(=O)NCC(=O)Nc2ccc(Nc3ccccc3)cc2)c1. The Morgan fingerprint density at radius 2 is 1.32 bits per heavy atom. The van der Waals surface area contributed by atoms with E-state index >= 15 is 0 Å². The molecule has 0 saturated carbocycles. The van der Waals surface area contributed by atoms with Crippen LogP contribution in [0.4, 0.5) is 17.1 Å². The predicted molar refractivity (Wildman–Crippen MR) is 113 cm³/mol. The first-order valence-corrected chi connectivity index (χ1v) is 9.08. The summed E-state index contributed by atoms with van der Waals surface area (Å²) in [6, 6.07) is 22.9. The third kappa shape index (κ3) is 5.45. The van der Waals surface area contributed by atoms with Gasteiger partial charge in [0.2, 0.25) is 5.91 Å². The Morgan fingerprint density at radius 1 is 0.750 bits per heavy atom. The van der Waals surface area contributed by atoms with Crippen LogP contribution < -0.4 is 16.0 Å². The number of carbonyl (C=O) groups is 2. The van der Waals surface area contributed by atoms with Crippen molar-refractivity contribution < 1.29 is 9.59 Å². The molecule has 28 heavy (non-hydrogen) atoms. The average Bonchev–Trinajstić information content (AvgIpc) is 2.68. The van der Waals surface area contributed by atoms with Gasteiger partial charge in [0, 0.05) is 22.6 Å². The van der Waals surface area contributed by atoms with Crippen molar-refractivity contribution in [1.82, 2.24) is 5.32 Å². The molecule has 142 valence electrons. The Bertz CT molecular complexity index is 947. The van der Waals surface area contributed by atoms with Crippen LogP contribution in [0.1, 0.15) is 21.5 Å². The molecule has 0 spiro atoms. The molecule has 3 aromatic carbocycles. The number of amides is 2. The predicted octanol–water partition coefficient (Wildman–Crippen LogP) is 4.42. The highest BCUT2D eigenvalue weighted by molar-refractivity contribution is 5.99. The molecule has 3 rings (SSSR count). The van der Waals surface area contributed by atoms with E-state index in [9.17, 15) is 9.59 Å². The van der Waals surface area contributed by atoms with Crippen LogP contribution in [0.15, 0.2) is 72.8 Å². The summed E-state index contributed by atoms with van der Waals surface area (Å²) in [6.07, 6.45) is 0. The van der Waals surface area contributed by atoms with E-state index in [1.54, 1.807) is 12.1 Å². The van der Waals surface area contributed by atoms with Gasteiger partial charge in [-0.2, -0.15) is 0 Å². The highest BCUT2D eigenvalue weighted by Gasteiger charge is 2.09. The molecule has 0 saturated heterocycles. The van der Waals surface area contributed by atoms with Crippen LogP contribution in [0.5, 0.6) is 0 Å². The number of nitrogens with one attached hydrogen (secondary N) is 3. The fourth-order valence-corrected chi connectivity index (χ4v) is 2.90. The third-order valence-electron chi connectivity index (χ3n) is 4.12. The van der Waals surface area contributed by atoms with Gasteiger partial charge >= 0.3 is 0 Å². The molecule has 2 amide bonds. The summed E-state index contributed by atoms with van der Waals surface area (Å²) in [5, 5.41) is 8.72. The molecule has 0 aliphatic heterocycles. The van der Waals surface area contributed by atoms with Crippen LogP contribution in [0.2, 0.25) is 0 Å². The van der Waals surface area contributed by atoms with Gasteiger partial charge in [0.15, 0.2) is 0 Å². The van der Waals surface area contributed by atoms with Crippen molar-refractivity contribution in [2.75, 3.05) is 17.2 Å². The van der Waals surface area contributed by atoms with Crippen LogP contribution in [-0.2, 0) is 4.79 Å². The molecule has 0 unspecified atom stereocenters. The first kappa shape index (κ1) is 19.2. The fourth-order valence-electron chi connectivity index (χ4n) is 2.90. The minimum Gasteiger partial charge on any atom is -0.356 e. The molecule has 0 atom stereocenters. The zero-order valence-corrected chi connectivity index (χ0v) is 16.0. The summed E-state index contributed by atoms with van der Waals surface area (Å²) in [5.41, 5.74) is 5.17. The van der Waals surface area contributed by atoms with Crippen LogP contribution in [0.25, 0.3) is 0 Å². The summed E-state index contributed by atoms with van der Waals surface area (Å²) < 4.78 is 0.